The van der Waals surface area contributed by atoms with E-state index in [2.05, 4.69) is 15.3 Å². The summed E-state index contributed by atoms with van der Waals surface area (Å²) >= 11 is 0. The number of ether oxygens (including phenoxy) is 1. The Bertz CT molecular complexity index is 1210. The molecule has 0 fully saturated rings. The summed E-state index contributed by atoms with van der Waals surface area (Å²) in [7, 11) is 0. The number of hydrogen-bond acceptors (Lipinski definition) is 6. The fourth-order valence-electron chi connectivity index (χ4n) is 2.83. The Balaban J connectivity index is 1.52. The van der Waals surface area contributed by atoms with Crippen LogP contribution in [-0.2, 0) is 11.3 Å². The van der Waals surface area contributed by atoms with Gasteiger partial charge in [-0.1, -0.05) is 6.07 Å². The Morgan fingerprint density at radius 2 is 2.17 bits per heavy atom. The summed E-state index contributed by atoms with van der Waals surface area (Å²) in [6, 6.07) is 10.2. The quantitative estimate of drug-likeness (QED) is 0.573. The minimum absolute atomic E-state index is 0.175. The topological polar surface area (TPSA) is 130 Å². The number of aryl methyl sites for hydroxylation is 1. The van der Waals surface area contributed by atoms with Crippen molar-refractivity contribution in [3.05, 3.63) is 68.5 Å². The molecule has 0 aliphatic carbocycles. The Kier molecular flexibility index (Phi) is 6.04. The van der Waals surface area contributed by atoms with E-state index < -0.39 is 0 Å². The molecule has 148 valence electrons. The number of nitrogens with zero attached hydrogens (tertiary/aromatic N) is 3. The maximum Gasteiger partial charge on any atom is 0.263 e. The number of benzene rings is 1. The van der Waals surface area contributed by atoms with E-state index in [1.807, 2.05) is 6.07 Å². The van der Waals surface area contributed by atoms with E-state index in [0.29, 0.717) is 36.4 Å². The molecule has 0 spiro atoms. The number of carbonyl (C=O) groups excluding carboxylic acids is 1. The van der Waals surface area contributed by atoms with Gasteiger partial charge in [-0.15, -0.1) is 0 Å². The van der Waals surface area contributed by atoms with Crippen molar-refractivity contribution in [2.45, 2.75) is 19.9 Å². The number of hydrogen-bond donors (Lipinski definition) is 2. The standard InChI is InChI=1S/C20H19N5O4/c1-13-8-16(26)24-19-18(13)20(28)25(12-23-19)11-17(27)22-6-3-7-29-15-5-2-4-14(9-15)10-21/h2,4-5,8-9,12H,3,6-7,11H2,1H3,(H,22,27)(H,24,26). The van der Waals surface area contributed by atoms with Gasteiger partial charge in [0.05, 0.1) is 23.6 Å². The van der Waals surface area contributed by atoms with Gasteiger partial charge < -0.3 is 15.0 Å². The van der Waals surface area contributed by atoms with E-state index in [0.717, 1.165) is 0 Å². The third kappa shape index (κ3) is 4.87. The van der Waals surface area contributed by atoms with Gasteiger partial charge in [-0.25, -0.2) is 4.98 Å². The number of aromatic amines is 1. The summed E-state index contributed by atoms with van der Waals surface area (Å²) in [4.78, 5) is 42.7. The molecule has 3 rings (SSSR count). The lowest BCUT2D eigenvalue weighted by Crippen LogP contribution is -2.33. The molecule has 0 unspecified atom stereocenters. The molecule has 0 radical (unpaired) electrons. The van der Waals surface area contributed by atoms with Crippen LogP contribution in [0.4, 0.5) is 0 Å². The normalized spacial score (nSPS) is 10.5. The smallest absolute Gasteiger partial charge is 0.263 e. The third-order valence-corrected chi connectivity index (χ3v) is 4.21. The molecule has 0 bridgehead atoms. The molecule has 0 saturated heterocycles. The molecule has 2 N–H and O–H groups in total. The lowest BCUT2D eigenvalue weighted by molar-refractivity contribution is -0.121. The van der Waals surface area contributed by atoms with Gasteiger partial charge in [-0.05, 0) is 37.1 Å². The van der Waals surface area contributed by atoms with Gasteiger partial charge in [0, 0.05) is 12.6 Å². The molecule has 2 aromatic heterocycles. The van der Waals surface area contributed by atoms with Crippen molar-refractivity contribution >= 4 is 16.9 Å². The molecular formula is C20H19N5O4. The van der Waals surface area contributed by atoms with Gasteiger partial charge in [0.1, 0.15) is 24.3 Å². The van der Waals surface area contributed by atoms with E-state index in [1.165, 1.54) is 17.0 Å². The van der Waals surface area contributed by atoms with Crippen LogP contribution in [0.5, 0.6) is 5.75 Å². The van der Waals surface area contributed by atoms with Crippen molar-refractivity contribution in [2.24, 2.45) is 0 Å². The number of nitriles is 1. The number of H-pyrrole nitrogens is 1. The van der Waals surface area contributed by atoms with E-state index in [-0.39, 0.29) is 34.6 Å². The highest BCUT2D eigenvalue weighted by molar-refractivity contribution is 5.78. The highest BCUT2D eigenvalue weighted by atomic mass is 16.5. The maximum absolute atomic E-state index is 12.6. The largest absolute Gasteiger partial charge is 0.493 e. The number of pyridine rings is 1. The zero-order chi connectivity index (χ0) is 20.8. The fraction of sp³-hybridized carbons (Fsp3) is 0.250. The van der Waals surface area contributed by atoms with Crippen molar-refractivity contribution in [3.63, 3.8) is 0 Å². The lowest BCUT2D eigenvalue weighted by atomic mass is 10.2. The number of carbonyl (C=O) groups is 1. The van der Waals surface area contributed by atoms with Crippen molar-refractivity contribution in [2.75, 3.05) is 13.2 Å². The first-order chi connectivity index (χ1) is 14.0. The van der Waals surface area contributed by atoms with E-state index in [9.17, 15) is 14.4 Å². The van der Waals surface area contributed by atoms with E-state index in [1.54, 1.807) is 31.2 Å². The molecule has 1 amide bonds. The molecule has 0 atom stereocenters. The fourth-order valence-corrected chi connectivity index (χ4v) is 2.83. The highest BCUT2D eigenvalue weighted by Crippen LogP contribution is 2.12. The number of rotatable bonds is 7. The summed E-state index contributed by atoms with van der Waals surface area (Å²) in [5.74, 6) is 0.263. The molecule has 9 nitrogen and oxygen atoms in total. The molecule has 0 aliphatic heterocycles. The van der Waals surface area contributed by atoms with Crippen molar-refractivity contribution in [3.8, 4) is 11.8 Å². The van der Waals surface area contributed by atoms with E-state index in [4.69, 9.17) is 10.00 Å². The second-order valence-corrected chi connectivity index (χ2v) is 6.41. The first-order valence-corrected chi connectivity index (χ1v) is 8.96. The SMILES string of the molecule is Cc1cc(=O)[nH]c2ncn(CC(=O)NCCCOc3cccc(C#N)c3)c(=O)c12. The van der Waals surface area contributed by atoms with Gasteiger partial charge >= 0.3 is 0 Å². The third-order valence-electron chi connectivity index (χ3n) is 4.21. The van der Waals surface area contributed by atoms with Crippen LogP contribution in [0, 0.1) is 18.3 Å². The van der Waals surface area contributed by atoms with Crippen molar-refractivity contribution in [1.29, 1.82) is 5.26 Å². The Hall–Kier alpha value is -3.93. The van der Waals surface area contributed by atoms with Gasteiger partial charge in [0.15, 0.2) is 0 Å². The molecule has 29 heavy (non-hydrogen) atoms. The Morgan fingerprint density at radius 3 is 2.97 bits per heavy atom. The van der Waals surface area contributed by atoms with Crippen LogP contribution in [0.1, 0.15) is 17.5 Å². The van der Waals surface area contributed by atoms with E-state index >= 15 is 0 Å². The highest BCUT2D eigenvalue weighted by Gasteiger charge is 2.11. The molecule has 2 heterocycles. The second kappa shape index (κ2) is 8.84. The molecule has 0 aliphatic rings. The molecule has 1 aromatic carbocycles. The van der Waals surface area contributed by atoms with Crippen LogP contribution in [-0.4, -0.2) is 33.6 Å². The minimum atomic E-state index is -0.389. The molecule has 0 saturated carbocycles. The first-order valence-electron chi connectivity index (χ1n) is 8.96. The second-order valence-electron chi connectivity index (χ2n) is 6.41. The lowest BCUT2D eigenvalue weighted by Gasteiger charge is -2.09. The average Bonchev–Trinajstić information content (AvgIpc) is 2.69. The maximum atomic E-state index is 12.6. The first kappa shape index (κ1) is 19.8. The molecule has 9 heteroatoms. The summed E-state index contributed by atoms with van der Waals surface area (Å²) < 4.78 is 6.74. The minimum Gasteiger partial charge on any atom is -0.493 e. The van der Waals surface area contributed by atoms with Gasteiger partial charge in [0.25, 0.3) is 5.56 Å². The van der Waals surface area contributed by atoms with Gasteiger partial charge in [0.2, 0.25) is 11.5 Å². The number of aromatic nitrogens is 3. The predicted octanol–water partition coefficient (Wildman–Crippen LogP) is 0.850. The zero-order valence-corrected chi connectivity index (χ0v) is 15.8. The van der Waals surface area contributed by atoms with Crippen LogP contribution in [0.25, 0.3) is 11.0 Å². The Morgan fingerprint density at radius 1 is 1.34 bits per heavy atom. The summed E-state index contributed by atoms with van der Waals surface area (Å²) in [6.45, 7) is 2.22. The van der Waals surface area contributed by atoms with Crippen LogP contribution < -0.4 is 21.2 Å². The predicted molar refractivity (Wildman–Crippen MR) is 106 cm³/mol. The average molecular weight is 393 g/mol. The number of fused-ring (bicyclic) bond motifs is 1. The van der Waals surface area contributed by atoms with Crippen LogP contribution in [0.2, 0.25) is 0 Å². The van der Waals surface area contributed by atoms with Gasteiger partial charge in [-0.3, -0.25) is 19.0 Å². The Labute approximate surface area is 165 Å². The van der Waals surface area contributed by atoms with Crippen LogP contribution in [0.3, 0.4) is 0 Å². The molecule has 3 aromatic rings. The number of amides is 1. The van der Waals surface area contributed by atoms with Crippen LogP contribution >= 0.6 is 0 Å². The van der Waals surface area contributed by atoms with Crippen molar-refractivity contribution < 1.29 is 9.53 Å². The zero-order valence-electron chi connectivity index (χ0n) is 15.8. The van der Waals surface area contributed by atoms with Gasteiger partial charge in [-0.2, -0.15) is 5.26 Å². The number of nitrogens with one attached hydrogen (secondary N) is 2. The summed E-state index contributed by atoms with van der Waals surface area (Å²) in [6.07, 6.45) is 1.80. The summed E-state index contributed by atoms with van der Waals surface area (Å²) in [5.41, 5.74) is 0.506. The molecular weight excluding hydrogens is 374 g/mol. The van der Waals surface area contributed by atoms with Crippen LogP contribution in [0.15, 0.2) is 46.2 Å². The monoisotopic (exact) mass is 393 g/mol. The summed E-state index contributed by atoms with van der Waals surface area (Å²) in [5, 5.41) is 11.9. The van der Waals surface area contributed by atoms with Crippen molar-refractivity contribution in [1.82, 2.24) is 19.9 Å².